The average molecular weight is 394 g/mol. The number of fused-ring (bicyclic) bond motifs is 1. The van der Waals surface area contributed by atoms with Crippen molar-refractivity contribution in [1.82, 2.24) is 5.32 Å². The van der Waals surface area contributed by atoms with E-state index in [1.54, 1.807) is 19.1 Å². The van der Waals surface area contributed by atoms with Gasteiger partial charge in [-0.25, -0.2) is 13.2 Å². The number of benzene rings is 1. The number of hydrogen-bond acceptors (Lipinski definition) is 5. The van der Waals surface area contributed by atoms with Crippen molar-refractivity contribution in [1.29, 1.82) is 0 Å². The van der Waals surface area contributed by atoms with E-state index in [0.717, 1.165) is 37.5 Å². The molecule has 1 aromatic rings. The summed E-state index contributed by atoms with van der Waals surface area (Å²) in [5.74, 6) is -0.860. The normalized spacial score (nSPS) is 18.7. The highest BCUT2D eigenvalue weighted by molar-refractivity contribution is 7.92. The zero-order valence-corrected chi connectivity index (χ0v) is 16.5. The number of hydrogen-bond donors (Lipinski definition) is 1. The topological polar surface area (TPSA) is 92.8 Å². The molecule has 1 heterocycles. The van der Waals surface area contributed by atoms with Gasteiger partial charge in [-0.1, -0.05) is 19.3 Å². The van der Waals surface area contributed by atoms with Gasteiger partial charge < -0.3 is 10.1 Å². The van der Waals surface area contributed by atoms with E-state index in [1.807, 2.05) is 0 Å². The van der Waals surface area contributed by atoms with Gasteiger partial charge in [0.15, 0.2) is 6.10 Å². The van der Waals surface area contributed by atoms with Gasteiger partial charge in [0.05, 0.1) is 17.5 Å². The highest BCUT2D eigenvalue weighted by Crippen LogP contribution is 2.31. The molecule has 1 N–H and O–H groups in total. The van der Waals surface area contributed by atoms with Crippen LogP contribution >= 0.6 is 0 Å². The smallest absolute Gasteiger partial charge is 0.338 e. The fourth-order valence-corrected chi connectivity index (χ4v) is 4.65. The summed E-state index contributed by atoms with van der Waals surface area (Å²) in [6, 6.07) is 4.96. The van der Waals surface area contributed by atoms with Crippen molar-refractivity contribution < 1.29 is 22.7 Å². The van der Waals surface area contributed by atoms with Crippen LogP contribution in [-0.4, -0.2) is 45.2 Å². The van der Waals surface area contributed by atoms with Gasteiger partial charge in [-0.05, 0) is 49.9 Å². The van der Waals surface area contributed by atoms with E-state index in [0.29, 0.717) is 24.2 Å². The Hall–Kier alpha value is -2.09. The number of nitrogens with zero attached hydrogens (tertiary/aromatic N) is 1. The third-order valence-corrected chi connectivity index (χ3v) is 6.35. The summed E-state index contributed by atoms with van der Waals surface area (Å²) in [7, 11) is -3.33. The van der Waals surface area contributed by atoms with Crippen molar-refractivity contribution in [3.8, 4) is 0 Å². The maximum atomic E-state index is 12.4. The largest absolute Gasteiger partial charge is 0.449 e. The second-order valence-corrected chi connectivity index (χ2v) is 9.23. The van der Waals surface area contributed by atoms with Gasteiger partial charge >= 0.3 is 5.97 Å². The van der Waals surface area contributed by atoms with Crippen molar-refractivity contribution in [2.75, 3.05) is 17.1 Å². The van der Waals surface area contributed by atoms with E-state index in [9.17, 15) is 18.0 Å². The van der Waals surface area contributed by atoms with Crippen LogP contribution in [0.15, 0.2) is 18.2 Å². The highest BCUT2D eigenvalue weighted by atomic mass is 32.2. The molecule has 1 aromatic carbocycles. The standard InChI is InChI=1S/C19H26N2O5S/c1-13(18(22)20-16-6-4-3-5-7-16)26-19(23)15-8-9-17-14(12-15)10-11-21(17)27(2,24)25/h8-9,12-13,16H,3-7,10-11H2,1-2H3,(H,20,22). The van der Waals surface area contributed by atoms with Crippen LogP contribution in [0.4, 0.5) is 5.69 Å². The molecule has 148 valence electrons. The van der Waals surface area contributed by atoms with E-state index in [1.165, 1.54) is 16.8 Å². The van der Waals surface area contributed by atoms with Crippen LogP contribution in [-0.2, 0) is 26.0 Å². The highest BCUT2D eigenvalue weighted by Gasteiger charge is 2.28. The third kappa shape index (κ3) is 4.61. The Balaban J connectivity index is 1.62. The Kier molecular flexibility index (Phi) is 5.74. The maximum absolute atomic E-state index is 12.4. The summed E-state index contributed by atoms with van der Waals surface area (Å²) in [5, 5.41) is 2.95. The minimum absolute atomic E-state index is 0.161. The summed E-state index contributed by atoms with van der Waals surface area (Å²) in [6.45, 7) is 1.93. The van der Waals surface area contributed by atoms with Crippen LogP contribution in [0, 0.1) is 0 Å². The molecule has 1 atom stereocenters. The van der Waals surface area contributed by atoms with Crippen LogP contribution < -0.4 is 9.62 Å². The lowest BCUT2D eigenvalue weighted by Gasteiger charge is -2.24. The summed E-state index contributed by atoms with van der Waals surface area (Å²) < 4.78 is 30.2. The van der Waals surface area contributed by atoms with Crippen molar-refractivity contribution in [2.24, 2.45) is 0 Å². The molecule has 1 fully saturated rings. The number of sulfonamides is 1. The van der Waals surface area contributed by atoms with E-state index in [-0.39, 0.29) is 11.9 Å². The number of anilines is 1. The fraction of sp³-hybridized carbons (Fsp3) is 0.579. The number of amides is 1. The van der Waals surface area contributed by atoms with Gasteiger partial charge in [-0.3, -0.25) is 9.10 Å². The second kappa shape index (κ2) is 7.88. The molecular weight excluding hydrogens is 368 g/mol. The van der Waals surface area contributed by atoms with E-state index >= 15 is 0 Å². The minimum Gasteiger partial charge on any atom is -0.449 e. The SMILES string of the molecule is CC(OC(=O)c1ccc2c(c1)CCN2S(C)(=O)=O)C(=O)NC1CCCCC1. The number of nitrogens with one attached hydrogen (secondary N) is 1. The molecule has 0 aromatic heterocycles. The predicted molar refractivity (Wildman–Crippen MR) is 102 cm³/mol. The number of carbonyl (C=O) groups excluding carboxylic acids is 2. The Labute approximate surface area is 160 Å². The van der Waals surface area contributed by atoms with Crippen LogP contribution in [0.1, 0.15) is 54.9 Å². The van der Waals surface area contributed by atoms with Crippen LogP contribution in [0.2, 0.25) is 0 Å². The van der Waals surface area contributed by atoms with Gasteiger partial charge in [0.2, 0.25) is 10.0 Å². The monoisotopic (exact) mass is 394 g/mol. The molecule has 0 saturated heterocycles. The van der Waals surface area contributed by atoms with Crippen molar-refractivity contribution in [3.63, 3.8) is 0 Å². The summed E-state index contributed by atoms with van der Waals surface area (Å²) in [4.78, 5) is 24.7. The Morgan fingerprint density at radius 1 is 1.22 bits per heavy atom. The van der Waals surface area contributed by atoms with Gasteiger partial charge in [0.25, 0.3) is 5.91 Å². The van der Waals surface area contributed by atoms with Crippen molar-refractivity contribution >= 4 is 27.6 Å². The van der Waals surface area contributed by atoms with Gasteiger partial charge in [0, 0.05) is 12.6 Å². The second-order valence-electron chi connectivity index (χ2n) is 7.32. The molecule has 1 saturated carbocycles. The first-order valence-electron chi connectivity index (χ1n) is 9.37. The Morgan fingerprint density at radius 3 is 2.59 bits per heavy atom. The molecule has 0 bridgehead atoms. The van der Waals surface area contributed by atoms with E-state index in [2.05, 4.69) is 5.32 Å². The third-order valence-electron chi connectivity index (χ3n) is 5.17. The maximum Gasteiger partial charge on any atom is 0.338 e. The molecular formula is C19H26N2O5S. The lowest BCUT2D eigenvalue weighted by atomic mass is 9.95. The van der Waals surface area contributed by atoms with Gasteiger partial charge in [-0.15, -0.1) is 0 Å². The number of rotatable bonds is 5. The molecule has 7 nitrogen and oxygen atoms in total. The molecule has 1 amide bonds. The number of carbonyl (C=O) groups is 2. The van der Waals surface area contributed by atoms with Gasteiger partial charge in [0.1, 0.15) is 0 Å². The molecule has 0 spiro atoms. The lowest BCUT2D eigenvalue weighted by Crippen LogP contribution is -2.42. The van der Waals surface area contributed by atoms with Crippen LogP contribution in [0.3, 0.4) is 0 Å². The van der Waals surface area contributed by atoms with Gasteiger partial charge in [-0.2, -0.15) is 0 Å². The minimum atomic E-state index is -3.33. The summed E-state index contributed by atoms with van der Waals surface area (Å²) in [6.07, 6.45) is 6.18. The first-order valence-corrected chi connectivity index (χ1v) is 11.2. The quantitative estimate of drug-likeness (QED) is 0.771. The number of ether oxygens (including phenoxy) is 1. The van der Waals surface area contributed by atoms with E-state index in [4.69, 9.17) is 4.74 Å². The molecule has 2 aliphatic rings. The predicted octanol–water partition coefficient (Wildman–Crippen LogP) is 2.00. The first-order chi connectivity index (χ1) is 12.8. The molecule has 1 aliphatic heterocycles. The van der Waals surface area contributed by atoms with Crippen LogP contribution in [0.5, 0.6) is 0 Å². The molecule has 0 radical (unpaired) electrons. The average Bonchev–Trinajstić information content (AvgIpc) is 3.06. The molecule has 27 heavy (non-hydrogen) atoms. The Bertz CT molecular complexity index is 831. The van der Waals surface area contributed by atoms with E-state index < -0.39 is 22.1 Å². The van der Waals surface area contributed by atoms with Crippen LogP contribution in [0.25, 0.3) is 0 Å². The summed E-state index contributed by atoms with van der Waals surface area (Å²) >= 11 is 0. The molecule has 1 aliphatic carbocycles. The fourth-order valence-electron chi connectivity index (χ4n) is 3.69. The molecule has 3 rings (SSSR count). The number of esters is 1. The Morgan fingerprint density at radius 2 is 1.93 bits per heavy atom. The lowest BCUT2D eigenvalue weighted by molar-refractivity contribution is -0.130. The molecule has 8 heteroatoms. The zero-order chi connectivity index (χ0) is 19.6. The van der Waals surface area contributed by atoms with Crippen molar-refractivity contribution in [2.45, 2.75) is 57.6 Å². The zero-order valence-electron chi connectivity index (χ0n) is 15.7. The summed E-state index contributed by atoms with van der Waals surface area (Å²) in [5.41, 5.74) is 1.70. The molecule has 1 unspecified atom stereocenters. The van der Waals surface area contributed by atoms with Crippen molar-refractivity contribution in [3.05, 3.63) is 29.3 Å². The first kappa shape index (κ1) is 19.7.